The van der Waals surface area contributed by atoms with E-state index < -0.39 is 6.10 Å². The molecule has 1 aromatic carbocycles. The highest BCUT2D eigenvalue weighted by molar-refractivity contribution is 5.80. The van der Waals surface area contributed by atoms with Crippen LogP contribution in [0.5, 0.6) is 17.2 Å². The Bertz CT molecular complexity index is 942. The molecule has 0 radical (unpaired) electrons. The van der Waals surface area contributed by atoms with Gasteiger partial charge in [-0.2, -0.15) is 0 Å². The van der Waals surface area contributed by atoms with E-state index >= 15 is 0 Å². The summed E-state index contributed by atoms with van der Waals surface area (Å²) in [7, 11) is 0. The number of rotatable bonds is 6. The standard InChI is InChI=1S/C19H17N3O5/c1-12(27-13-4-5-15-17(9-13)26-11-25-15)19(23)22-10-14-18(21-7-6-20-14)16-3-2-8-24-16/h2-9,12H,10-11H2,1H3,(H,22,23)/t12-/m1/s1. The van der Waals surface area contributed by atoms with E-state index in [1.54, 1.807) is 55.9 Å². The molecule has 0 fully saturated rings. The maximum atomic E-state index is 12.4. The first kappa shape index (κ1) is 16.9. The van der Waals surface area contributed by atoms with Gasteiger partial charge in [0, 0.05) is 18.5 Å². The number of nitrogens with one attached hydrogen (secondary N) is 1. The van der Waals surface area contributed by atoms with Gasteiger partial charge in [-0.3, -0.25) is 9.78 Å². The first-order chi connectivity index (χ1) is 13.2. The molecule has 0 unspecified atom stereocenters. The van der Waals surface area contributed by atoms with Crippen LogP contribution in [0, 0.1) is 0 Å². The van der Waals surface area contributed by atoms with Crippen LogP contribution in [-0.4, -0.2) is 28.8 Å². The quantitative estimate of drug-likeness (QED) is 0.715. The molecule has 1 aliphatic rings. The maximum absolute atomic E-state index is 12.4. The van der Waals surface area contributed by atoms with Gasteiger partial charge in [0.05, 0.1) is 18.5 Å². The number of furan rings is 1. The lowest BCUT2D eigenvalue weighted by molar-refractivity contribution is -0.127. The van der Waals surface area contributed by atoms with Crippen LogP contribution in [0.4, 0.5) is 0 Å². The third-order valence-electron chi connectivity index (χ3n) is 3.98. The molecule has 0 spiro atoms. The number of fused-ring (bicyclic) bond motifs is 1. The zero-order valence-corrected chi connectivity index (χ0v) is 14.5. The summed E-state index contributed by atoms with van der Waals surface area (Å²) in [6, 6.07) is 8.74. The number of hydrogen-bond donors (Lipinski definition) is 1. The van der Waals surface area contributed by atoms with Crippen LogP contribution in [0.1, 0.15) is 12.6 Å². The van der Waals surface area contributed by atoms with Crippen molar-refractivity contribution < 1.29 is 23.4 Å². The fraction of sp³-hybridized carbons (Fsp3) is 0.211. The summed E-state index contributed by atoms with van der Waals surface area (Å²) in [6.07, 6.45) is 4.01. The molecule has 8 heteroatoms. The zero-order valence-electron chi connectivity index (χ0n) is 14.5. The minimum atomic E-state index is -0.700. The van der Waals surface area contributed by atoms with Gasteiger partial charge in [-0.15, -0.1) is 0 Å². The fourth-order valence-electron chi connectivity index (χ4n) is 2.64. The molecule has 8 nitrogen and oxygen atoms in total. The van der Waals surface area contributed by atoms with Gasteiger partial charge in [0.15, 0.2) is 23.4 Å². The molecule has 2 aromatic heterocycles. The number of aromatic nitrogens is 2. The van der Waals surface area contributed by atoms with Crippen molar-refractivity contribution in [2.45, 2.75) is 19.6 Å². The lowest BCUT2D eigenvalue weighted by atomic mass is 10.2. The second kappa shape index (κ2) is 7.36. The number of ether oxygens (including phenoxy) is 3. The summed E-state index contributed by atoms with van der Waals surface area (Å²) in [5, 5.41) is 2.81. The molecule has 1 N–H and O–H groups in total. The fourth-order valence-corrected chi connectivity index (χ4v) is 2.64. The van der Waals surface area contributed by atoms with Gasteiger partial charge in [0.25, 0.3) is 5.91 Å². The Labute approximate surface area is 155 Å². The van der Waals surface area contributed by atoms with E-state index in [0.717, 1.165) is 0 Å². The largest absolute Gasteiger partial charge is 0.481 e. The molecule has 0 aliphatic carbocycles. The Balaban J connectivity index is 1.38. The van der Waals surface area contributed by atoms with Crippen LogP contribution in [0.3, 0.4) is 0 Å². The SMILES string of the molecule is C[C@@H](Oc1ccc2c(c1)OCO2)C(=O)NCc1nccnc1-c1ccco1. The van der Waals surface area contributed by atoms with Crippen molar-refractivity contribution >= 4 is 5.91 Å². The number of nitrogens with zero attached hydrogens (tertiary/aromatic N) is 2. The van der Waals surface area contributed by atoms with Gasteiger partial charge < -0.3 is 23.9 Å². The van der Waals surface area contributed by atoms with Crippen LogP contribution in [0.25, 0.3) is 11.5 Å². The minimum Gasteiger partial charge on any atom is -0.481 e. The average molecular weight is 367 g/mol. The number of carbonyl (C=O) groups excluding carboxylic acids is 1. The van der Waals surface area contributed by atoms with Gasteiger partial charge in [0.2, 0.25) is 6.79 Å². The zero-order chi connectivity index (χ0) is 18.6. The predicted molar refractivity (Wildman–Crippen MR) is 94.2 cm³/mol. The van der Waals surface area contributed by atoms with E-state index in [4.69, 9.17) is 18.6 Å². The molecule has 1 aliphatic heterocycles. The molecular weight excluding hydrogens is 350 g/mol. The number of benzene rings is 1. The van der Waals surface area contributed by atoms with E-state index in [0.29, 0.717) is 34.4 Å². The van der Waals surface area contributed by atoms with Gasteiger partial charge in [0.1, 0.15) is 11.4 Å². The molecule has 3 heterocycles. The number of amides is 1. The molecule has 0 saturated heterocycles. The van der Waals surface area contributed by atoms with Crippen LogP contribution in [0.2, 0.25) is 0 Å². The highest BCUT2D eigenvalue weighted by Gasteiger charge is 2.19. The molecular formula is C19H17N3O5. The first-order valence-corrected chi connectivity index (χ1v) is 8.38. The molecule has 138 valence electrons. The molecule has 27 heavy (non-hydrogen) atoms. The topological polar surface area (TPSA) is 95.7 Å². The number of carbonyl (C=O) groups is 1. The minimum absolute atomic E-state index is 0.185. The van der Waals surface area contributed by atoms with Crippen molar-refractivity contribution in [3.8, 4) is 28.7 Å². The lowest BCUT2D eigenvalue weighted by Crippen LogP contribution is -2.36. The molecule has 3 aromatic rings. The van der Waals surface area contributed by atoms with E-state index in [1.807, 2.05) is 0 Å². The normalized spacial score (nSPS) is 13.2. The van der Waals surface area contributed by atoms with Gasteiger partial charge in [-0.25, -0.2) is 4.98 Å². The Morgan fingerprint density at radius 1 is 1.22 bits per heavy atom. The number of hydrogen-bond acceptors (Lipinski definition) is 7. The monoisotopic (exact) mass is 367 g/mol. The van der Waals surface area contributed by atoms with Crippen molar-refractivity contribution in [2.75, 3.05) is 6.79 Å². The summed E-state index contributed by atoms with van der Waals surface area (Å²) in [5.41, 5.74) is 1.20. The predicted octanol–water partition coefficient (Wildman–Crippen LogP) is 2.55. The van der Waals surface area contributed by atoms with Gasteiger partial charge in [-0.1, -0.05) is 0 Å². The molecule has 1 amide bonds. The second-order valence-electron chi connectivity index (χ2n) is 5.82. The van der Waals surface area contributed by atoms with Crippen molar-refractivity contribution in [2.24, 2.45) is 0 Å². The van der Waals surface area contributed by atoms with Crippen LogP contribution < -0.4 is 19.5 Å². The third kappa shape index (κ3) is 3.69. The van der Waals surface area contributed by atoms with E-state index in [1.165, 1.54) is 0 Å². The van der Waals surface area contributed by atoms with E-state index in [-0.39, 0.29) is 19.2 Å². The molecule has 0 bridgehead atoms. The van der Waals surface area contributed by atoms with Crippen LogP contribution in [0.15, 0.2) is 53.4 Å². The highest BCUT2D eigenvalue weighted by atomic mass is 16.7. The van der Waals surface area contributed by atoms with Crippen molar-refractivity contribution in [3.05, 3.63) is 54.7 Å². The van der Waals surface area contributed by atoms with Crippen molar-refractivity contribution in [3.63, 3.8) is 0 Å². The molecule has 0 saturated carbocycles. The van der Waals surface area contributed by atoms with Gasteiger partial charge in [-0.05, 0) is 31.2 Å². The average Bonchev–Trinajstić information content (AvgIpc) is 3.37. The lowest BCUT2D eigenvalue weighted by Gasteiger charge is -2.15. The smallest absolute Gasteiger partial charge is 0.261 e. The van der Waals surface area contributed by atoms with Crippen molar-refractivity contribution in [1.82, 2.24) is 15.3 Å². The van der Waals surface area contributed by atoms with Crippen molar-refractivity contribution in [1.29, 1.82) is 0 Å². The molecule has 1 atom stereocenters. The maximum Gasteiger partial charge on any atom is 0.261 e. The second-order valence-corrected chi connectivity index (χ2v) is 5.82. The summed E-state index contributed by atoms with van der Waals surface area (Å²) in [6.45, 7) is 2.06. The summed E-state index contributed by atoms with van der Waals surface area (Å²) < 4.78 is 21.6. The third-order valence-corrected chi connectivity index (χ3v) is 3.98. The Kier molecular flexibility index (Phi) is 4.61. The Hall–Kier alpha value is -3.55. The first-order valence-electron chi connectivity index (χ1n) is 8.38. The Morgan fingerprint density at radius 2 is 2.07 bits per heavy atom. The Morgan fingerprint density at radius 3 is 2.93 bits per heavy atom. The highest BCUT2D eigenvalue weighted by Crippen LogP contribution is 2.35. The van der Waals surface area contributed by atoms with Gasteiger partial charge >= 0.3 is 0 Å². The van der Waals surface area contributed by atoms with E-state index in [9.17, 15) is 4.79 Å². The van der Waals surface area contributed by atoms with Crippen LogP contribution >= 0.6 is 0 Å². The summed E-state index contributed by atoms with van der Waals surface area (Å²) in [4.78, 5) is 20.9. The van der Waals surface area contributed by atoms with E-state index in [2.05, 4.69) is 15.3 Å². The summed E-state index contributed by atoms with van der Waals surface area (Å²) in [5.74, 6) is 2.11. The summed E-state index contributed by atoms with van der Waals surface area (Å²) >= 11 is 0. The molecule has 4 rings (SSSR count). The van der Waals surface area contributed by atoms with Crippen LogP contribution in [-0.2, 0) is 11.3 Å².